The summed E-state index contributed by atoms with van der Waals surface area (Å²) in [6, 6.07) is 6.77. The summed E-state index contributed by atoms with van der Waals surface area (Å²) in [4.78, 5) is 30.4. The number of hydrogen-bond acceptors (Lipinski definition) is 4. The number of anilines is 1. The molecule has 1 heterocycles. The molecule has 1 aliphatic rings. The molecule has 0 radical (unpaired) electrons. The fraction of sp³-hybridized carbons (Fsp3) is 0.267. The quantitative estimate of drug-likeness (QED) is 0.709. The second-order valence-corrected chi connectivity index (χ2v) is 5.86. The van der Waals surface area contributed by atoms with Crippen LogP contribution in [-0.2, 0) is 9.59 Å². The monoisotopic (exact) mass is 416 g/mol. The smallest absolute Gasteiger partial charge is 0.266 e. The van der Waals surface area contributed by atoms with E-state index in [0.717, 1.165) is 0 Å². The number of carbonyl (C=O) groups is 2. The molecule has 1 aromatic rings. The first-order chi connectivity index (χ1) is 10.5. The molecule has 2 rings (SSSR count). The number of amidine groups is 1. The Kier molecular flexibility index (Phi) is 7.81. The number of aliphatic imine (C=N–C) groups is 1. The van der Waals surface area contributed by atoms with Crippen molar-refractivity contribution >= 4 is 46.0 Å². The van der Waals surface area contributed by atoms with Crippen molar-refractivity contribution < 1.29 is 26.6 Å². The second kappa shape index (κ2) is 9.10. The SMILES string of the molecule is CCN=C1S/C(=C\C(=O)Nc2ccc(Cl)cc2)C(=O)N1CC.[Br-]. The molecule has 124 valence electrons. The Balaban J connectivity index is 0.00000264. The first-order valence-corrected chi connectivity index (χ1v) is 8.07. The molecule has 0 bridgehead atoms. The standard InChI is InChI=1S/C15H16ClN3O2S.BrH/c1-3-17-15-19(4-2)14(21)12(22-15)9-13(20)18-11-7-5-10(16)6-8-11;/h5-9H,3-4H2,1-2H3,(H,18,20);1H/p-1/b12-9-,17-15?;. The number of nitrogens with one attached hydrogen (secondary N) is 1. The number of halogens is 2. The lowest BCUT2D eigenvalue weighted by atomic mass is 10.3. The lowest BCUT2D eigenvalue weighted by Crippen LogP contribution is -3.00. The first kappa shape index (κ1) is 19.7. The molecule has 23 heavy (non-hydrogen) atoms. The van der Waals surface area contributed by atoms with E-state index in [1.807, 2.05) is 13.8 Å². The fourth-order valence-corrected chi connectivity index (χ4v) is 3.07. The van der Waals surface area contributed by atoms with Gasteiger partial charge in [-0.25, -0.2) is 0 Å². The molecule has 0 atom stereocenters. The Labute approximate surface area is 154 Å². The van der Waals surface area contributed by atoms with Gasteiger partial charge in [0.2, 0.25) is 5.91 Å². The van der Waals surface area contributed by atoms with Crippen molar-refractivity contribution in [1.29, 1.82) is 0 Å². The van der Waals surface area contributed by atoms with E-state index in [2.05, 4.69) is 10.3 Å². The van der Waals surface area contributed by atoms with Gasteiger partial charge in [-0.1, -0.05) is 11.6 Å². The Morgan fingerprint density at radius 2 is 2.00 bits per heavy atom. The van der Waals surface area contributed by atoms with E-state index >= 15 is 0 Å². The van der Waals surface area contributed by atoms with Gasteiger partial charge in [0.05, 0.1) is 4.91 Å². The Morgan fingerprint density at radius 1 is 1.35 bits per heavy atom. The third-order valence-corrected chi connectivity index (χ3v) is 4.17. The van der Waals surface area contributed by atoms with E-state index in [4.69, 9.17) is 11.6 Å². The third-order valence-electron chi connectivity index (χ3n) is 2.87. The van der Waals surface area contributed by atoms with Crippen molar-refractivity contribution in [1.82, 2.24) is 4.90 Å². The minimum absolute atomic E-state index is 0. The highest BCUT2D eigenvalue weighted by Gasteiger charge is 2.32. The lowest BCUT2D eigenvalue weighted by molar-refractivity contribution is -0.122. The average Bonchev–Trinajstić information content (AvgIpc) is 2.77. The molecule has 1 N–H and O–H groups in total. The molecule has 0 saturated carbocycles. The number of nitrogens with zero attached hydrogens (tertiary/aromatic N) is 2. The Morgan fingerprint density at radius 3 is 2.57 bits per heavy atom. The first-order valence-electron chi connectivity index (χ1n) is 6.87. The van der Waals surface area contributed by atoms with E-state index in [1.165, 1.54) is 17.8 Å². The number of carbonyl (C=O) groups excluding carboxylic acids is 2. The van der Waals surface area contributed by atoms with Crippen LogP contribution < -0.4 is 22.3 Å². The molecule has 8 heteroatoms. The molecule has 1 aromatic carbocycles. The minimum Gasteiger partial charge on any atom is -1.00 e. The van der Waals surface area contributed by atoms with Crippen molar-refractivity contribution in [2.24, 2.45) is 4.99 Å². The lowest BCUT2D eigenvalue weighted by Gasteiger charge is -2.11. The number of rotatable bonds is 4. The summed E-state index contributed by atoms with van der Waals surface area (Å²) in [5.41, 5.74) is 0.622. The van der Waals surface area contributed by atoms with Gasteiger partial charge in [-0.15, -0.1) is 0 Å². The van der Waals surface area contributed by atoms with Gasteiger partial charge in [-0.05, 0) is 49.9 Å². The van der Waals surface area contributed by atoms with E-state index in [0.29, 0.717) is 33.9 Å². The summed E-state index contributed by atoms with van der Waals surface area (Å²) in [5, 5.41) is 3.93. The predicted molar refractivity (Wildman–Crippen MR) is 91.1 cm³/mol. The van der Waals surface area contributed by atoms with Crippen LogP contribution in [-0.4, -0.2) is 35.0 Å². The van der Waals surface area contributed by atoms with Crippen LogP contribution in [0.2, 0.25) is 5.02 Å². The van der Waals surface area contributed by atoms with E-state index in [-0.39, 0.29) is 28.8 Å². The van der Waals surface area contributed by atoms with Crippen molar-refractivity contribution in [3.63, 3.8) is 0 Å². The van der Waals surface area contributed by atoms with Crippen molar-refractivity contribution in [2.75, 3.05) is 18.4 Å². The summed E-state index contributed by atoms with van der Waals surface area (Å²) in [7, 11) is 0. The highest BCUT2D eigenvalue weighted by atomic mass is 79.9. The van der Waals surface area contributed by atoms with Gasteiger partial charge >= 0.3 is 0 Å². The molecular weight excluding hydrogens is 402 g/mol. The fourth-order valence-electron chi connectivity index (χ4n) is 1.87. The highest BCUT2D eigenvalue weighted by molar-refractivity contribution is 8.18. The molecule has 5 nitrogen and oxygen atoms in total. The van der Waals surface area contributed by atoms with Crippen LogP contribution in [0.4, 0.5) is 5.69 Å². The third kappa shape index (κ3) is 5.09. The van der Waals surface area contributed by atoms with Crippen LogP contribution in [0.3, 0.4) is 0 Å². The van der Waals surface area contributed by atoms with Crippen LogP contribution in [0.5, 0.6) is 0 Å². The molecule has 2 amide bonds. The van der Waals surface area contributed by atoms with Crippen molar-refractivity contribution in [3.05, 3.63) is 40.3 Å². The molecule has 1 saturated heterocycles. The molecule has 1 aliphatic heterocycles. The molecule has 1 fully saturated rings. The molecule has 0 aliphatic carbocycles. The highest BCUT2D eigenvalue weighted by Crippen LogP contribution is 2.30. The molecule has 0 aromatic heterocycles. The zero-order chi connectivity index (χ0) is 16.1. The topological polar surface area (TPSA) is 61.8 Å². The van der Waals surface area contributed by atoms with Gasteiger partial charge < -0.3 is 22.3 Å². The molecule has 0 spiro atoms. The van der Waals surface area contributed by atoms with Crippen molar-refractivity contribution in [2.45, 2.75) is 13.8 Å². The van der Waals surface area contributed by atoms with Crippen molar-refractivity contribution in [3.8, 4) is 0 Å². The summed E-state index contributed by atoms with van der Waals surface area (Å²) in [6.45, 7) is 4.90. The predicted octanol–water partition coefficient (Wildman–Crippen LogP) is 0.138. The zero-order valence-electron chi connectivity index (χ0n) is 12.7. The molecular formula is C15H16BrClN3O2S-. The van der Waals surface area contributed by atoms with Gasteiger partial charge in [-0.3, -0.25) is 19.5 Å². The normalized spacial score (nSPS) is 17.5. The van der Waals surface area contributed by atoms with Crippen LogP contribution in [0, 0.1) is 0 Å². The maximum Gasteiger partial charge on any atom is 0.266 e. The number of thioether (sulfide) groups is 1. The summed E-state index contributed by atoms with van der Waals surface area (Å²) < 4.78 is 0. The number of hydrogen-bond donors (Lipinski definition) is 1. The van der Waals surface area contributed by atoms with Crippen LogP contribution in [0.1, 0.15) is 13.8 Å². The van der Waals surface area contributed by atoms with Crippen LogP contribution in [0.25, 0.3) is 0 Å². The minimum atomic E-state index is -0.355. The summed E-state index contributed by atoms with van der Waals surface area (Å²) in [6.07, 6.45) is 1.31. The maximum atomic E-state index is 12.2. The van der Waals surface area contributed by atoms with Gasteiger partial charge in [0.25, 0.3) is 5.91 Å². The summed E-state index contributed by atoms with van der Waals surface area (Å²) in [5.74, 6) is -0.544. The van der Waals surface area contributed by atoms with E-state index in [1.54, 1.807) is 29.2 Å². The van der Waals surface area contributed by atoms with Gasteiger partial charge in [0, 0.05) is 29.9 Å². The second-order valence-electron chi connectivity index (χ2n) is 4.41. The van der Waals surface area contributed by atoms with Gasteiger partial charge in [0.15, 0.2) is 5.17 Å². The van der Waals surface area contributed by atoms with E-state index < -0.39 is 0 Å². The Hall–Kier alpha value is -1.31. The largest absolute Gasteiger partial charge is 1.00 e. The number of benzene rings is 1. The summed E-state index contributed by atoms with van der Waals surface area (Å²) >= 11 is 7.01. The average molecular weight is 418 g/mol. The number of amides is 2. The van der Waals surface area contributed by atoms with Crippen LogP contribution in [0.15, 0.2) is 40.2 Å². The van der Waals surface area contributed by atoms with Gasteiger partial charge in [-0.2, -0.15) is 0 Å². The van der Waals surface area contributed by atoms with E-state index in [9.17, 15) is 9.59 Å². The maximum absolute atomic E-state index is 12.2. The van der Waals surface area contributed by atoms with Crippen LogP contribution >= 0.6 is 23.4 Å². The Bertz CT molecular complexity index is 647. The van der Waals surface area contributed by atoms with Gasteiger partial charge in [0.1, 0.15) is 0 Å². The molecule has 0 unspecified atom stereocenters. The zero-order valence-corrected chi connectivity index (χ0v) is 15.8. The number of likely N-dealkylation sites (N-methyl/N-ethyl adjacent to an activating group) is 1.